The molecule has 1 saturated carbocycles. The van der Waals surface area contributed by atoms with E-state index < -0.39 is 0 Å². The first-order valence-corrected chi connectivity index (χ1v) is 8.67. The summed E-state index contributed by atoms with van der Waals surface area (Å²) in [6.45, 7) is 6.52. The first-order chi connectivity index (χ1) is 10.2. The molecule has 1 N–H and O–H groups in total. The van der Waals surface area contributed by atoms with Crippen LogP contribution in [-0.4, -0.2) is 13.1 Å². The lowest BCUT2D eigenvalue weighted by Gasteiger charge is -2.36. The molecule has 0 radical (unpaired) electrons. The molecule has 1 nitrogen and oxygen atoms in total. The summed E-state index contributed by atoms with van der Waals surface area (Å²) in [6, 6.07) is 5.19. The minimum atomic E-state index is -0.291. The van der Waals surface area contributed by atoms with Gasteiger partial charge in [0.2, 0.25) is 0 Å². The van der Waals surface area contributed by atoms with Gasteiger partial charge in [0, 0.05) is 0 Å². The molecule has 1 aromatic carbocycles. The average Bonchev–Trinajstić information content (AvgIpc) is 2.50. The lowest BCUT2D eigenvalue weighted by atomic mass is 9.71. The highest BCUT2D eigenvalue weighted by Gasteiger charge is 2.30. The Kier molecular flexibility index (Phi) is 6.50. The smallest absolute Gasteiger partial charge is 0.142 e. The Labute approximate surface area is 133 Å². The van der Waals surface area contributed by atoms with Crippen LogP contribution in [0.3, 0.4) is 0 Å². The van der Waals surface area contributed by atoms with Crippen LogP contribution in [0.1, 0.15) is 45.1 Å². The number of rotatable bonds is 6. The van der Waals surface area contributed by atoms with Crippen LogP contribution in [0.25, 0.3) is 0 Å². The van der Waals surface area contributed by atoms with Crippen molar-refractivity contribution in [3.05, 3.63) is 34.6 Å². The van der Waals surface area contributed by atoms with Crippen molar-refractivity contribution < 1.29 is 4.39 Å². The Morgan fingerprint density at radius 2 is 2.05 bits per heavy atom. The van der Waals surface area contributed by atoms with Gasteiger partial charge in [0.25, 0.3) is 0 Å². The van der Waals surface area contributed by atoms with Crippen LogP contribution in [0.5, 0.6) is 0 Å². The van der Waals surface area contributed by atoms with Gasteiger partial charge in [0.15, 0.2) is 0 Å². The van der Waals surface area contributed by atoms with E-state index in [2.05, 4.69) is 19.2 Å². The van der Waals surface area contributed by atoms with Gasteiger partial charge < -0.3 is 5.32 Å². The van der Waals surface area contributed by atoms with Gasteiger partial charge >= 0.3 is 0 Å². The van der Waals surface area contributed by atoms with E-state index in [0.717, 1.165) is 31.0 Å². The molecule has 0 aliphatic heterocycles. The summed E-state index contributed by atoms with van der Waals surface area (Å²) in [5, 5.41) is 3.80. The number of hydrogen-bond acceptors (Lipinski definition) is 1. The molecule has 0 aromatic heterocycles. The lowest BCUT2D eigenvalue weighted by Crippen LogP contribution is -2.34. The Bertz CT molecular complexity index is 449. The predicted molar refractivity (Wildman–Crippen MR) is 88.3 cm³/mol. The summed E-state index contributed by atoms with van der Waals surface area (Å²) >= 11 is 6.14. The van der Waals surface area contributed by atoms with Gasteiger partial charge in [0.05, 0.1) is 5.02 Å². The molecule has 3 unspecified atom stereocenters. The van der Waals surface area contributed by atoms with Crippen LogP contribution < -0.4 is 5.32 Å². The third-order valence-corrected chi connectivity index (χ3v) is 5.42. The Hall–Kier alpha value is -0.600. The first-order valence-electron chi connectivity index (χ1n) is 8.29. The van der Waals surface area contributed by atoms with E-state index in [1.54, 1.807) is 6.07 Å². The van der Waals surface area contributed by atoms with Crippen molar-refractivity contribution >= 4 is 11.6 Å². The Balaban J connectivity index is 2.09. The normalized spacial score (nSPS) is 26.0. The van der Waals surface area contributed by atoms with Crippen molar-refractivity contribution in [1.82, 2.24) is 5.32 Å². The number of halogens is 2. The monoisotopic (exact) mass is 311 g/mol. The molecule has 2 rings (SSSR count). The minimum absolute atomic E-state index is 0.291. The number of nitrogens with one attached hydrogen (secondary N) is 1. The van der Waals surface area contributed by atoms with E-state index in [1.807, 2.05) is 6.07 Å². The van der Waals surface area contributed by atoms with Gasteiger partial charge in [-0.3, -0.25) is 0 Å². The van der Waals surface area contributed by atoms with Gasteiger partial charge in [-0.1, -0.05) is 50.4 Å². The van der Waals surface area contributed by atoms with Gasteiger partial charge in [-0.25, -0.2) is 4.39 Å². The van der Waals surface area contributed by atoms with Crippen molar-refractivity contribution in [3.63, 3.8) is 0 Å². The van der Waals surface area contributed by atoms with E-state index in [-0.39, 0.29) is 5.82 Å². The van der Waals surface area contributed by atoms with E-state index in [4.69, 9.17) is 11.6 Å². The van der Waals surface area contributed by atoms with Gasteiger partial charge in [0.1, 0.15) is 5.82 Å². The third-order valence-electron chi connectivity index (χ3n) is 5.00. The number of hydrogen-bond donors (Lipinski definition) is 1. The number of benzene rings is 1. The van der Waals surface area contributed by atoms with Crippen LogP contribution in [0.4, 0.5) is 4.39 Å². The van der Waals surface area contributed by atoms with E-state index >= 15 is 0 Å². The topological polar surface area (TPSA) is 12.0 Å². The fraction of sp³-hybridized carbons (Fsp3) is 0.667. The average molecular weight is 312 g/mol. The molecule has 1 aliphatic carbocycles. The van der Waals surface area contributed by atoms with Crippen molar-refractivity contribution in [2.24, 2.45) is 17.8 Å². The molecular formula is C18H27ClFN. The highest BCUT2D eigenvalue weighted by molar-refractivity contribution is 6.31. The second kappa shape index (κ2) is 8.14. The highest BCUT2D eigenvalue weighted by atomic mass is 35.5. The molecule has 118 valence electrons. The minimum Gasteiger partial charge on any atom is -0.317 e. The quantitative estimate of drug-likeness (QED) is 0.773. The Morgan fingerprint density at radius 1 is 1.24 bits per heavy atom. The molecule has 3 heteroatoms. The van der Waals surface area contributed by atoms with Crippen LogP contribution in [0.15, 0.2) is 18.2 Å². The fourth-order valence-electron chi connectivity index (χ4n) is 3.63. The summed E-state index contributed by atoms with van der Waals surface area (Å²) in [4.78, 5) is 0. The Morgan fingerprint density at radius 3 is 2.76 bits per heavy atom. The maximum atomic E-state index is 13.6. The fourth-order valence-corrected chi connectivity index (χ4v) is 3.83. The summed E-state index contributed by atoms with van der Waals surface area (Å²) in [6.07, 6.45) is 6.02. The zero-order chi connectivity index (χ0) is 15.2. The maximum absolute atomic E-state index is 13.6. The largest absolute Gasteiger partial charge is 0.317 e. The molecule has 0 spiro atoms. The van der Waals surface area contributed by atoms with Crippen LogP contribution >= 0.6 is 11.6 Å². The van der Waals surface area contributed by atoms with E-state index in [1.165, 1.54) is 31.7 Å². The van der Waals surface area contributed by atoms with Gasteiger partial charge in [-0.15, -0.1) is 0 Å². The first kappa shape index (κ1) is 16.8. The predicted octanol–water partition coefficient (Wildman–Crippen LogP) is 5.07. The summed E-state index contributed by atoms with van der Waals surface area (Å²) in [5.41, 5.74) is 0.972. The molecule has 0 bridgehead atoms. The SMILES string of the molecule is CCNCC1CCC(CC)CC1Cc1cccc(F)c1Cl. The van der Waals surface area contributed by atoms with Crippen molar-refractivity contribution in [2.75, 3.05) is 13.1 Å². The summed E-state index contributed by atoms with van der Waals surface area (Å²) in [5.74, 6) is 1.83. The van der Waals surface area contributed by atoms with Crippen molar-refractivity contribution in [2.45, 2.75) is 46.0 Å². The maximum Gasteiger partial charge on any atom is 0.142 e. The van der Waals surface area contributed by atoms with Crippen LogP contribution in [0, 0.1) is 23.6 Å². The molecule has 1 aliphatic rings. The summed E-state index contributed by atoms with van der Waals surface area (Å²) < 4.78 is 13.6. The molecule has 1 fully saturated rings. The molecule has 0 saturated heterocycles. The van der Waals surface area contributed by atoms with Crippen molar-refractivity contribution in [3.8, 4) is 0 Å². The molecular weight excluding hydrogens is 285 g/mol. The second-order valence-electron chi connectivity index (χ2n) is 6.33. The molecule has 1 aromatic rings. The van der Waals surface area contributed by atoms with Gasteiger partial charge in [-0.05, 0) is 61.7 Å². The van der Waals surface area contributed by atoms with Crippen molar-refractivity contribution in [1.29, 1.82) is 0 Å². The van der Waals surface area contributed by atoms with Gasteiger partial charge in [-0.2, -0.15) is 0 Å². The van der Waals surface area contributed by atoms with E-state index in [0.29, 0.717) is 16.9 Å². The van der Waals surface area contributed by atoms with Crippen LogP contribution in [-0.2, 0) is 6.42 Å². The zero-order valence-electron chi connectivity index (χ0n) is 13.2. The zero-order valence-corrected chi connectivity index (χ0v) is 13.9. The summed E-state index contributed by atoms with van der Waals surface area (Å²) in [7, 11) is 0. The molecule has 21 heavy (non-hydrogen) atoms. The molecule has 3 atom stereocenters. The standard InChI is InChI=1S/C18H27ClFN/c1-3-13-8-9-15(12-21-4-2)16(10-13)11-14-6-5-7-17(20)18(14)19/h5-7,13,15-16,21H,3-4,8-12H2,1-2H3. The lowest BCUT2D eigenvalue weighted by molar-refractivity contribution is 0.172. The molecule has 0 amide bonds. The highest BCUT2D eigenvalue weighted by Crippen LogP contribution is 2.38. The van der Waals surface area contributed by atoms with Crippen LogP contribution in [0.2, 0.25) is 5.02 Å². The van der Waals surface area contributed by atoms with E-state index in [9.17, 15) is 4.39 Å². The third kappa shape index (κ3) is 4.43. The second-order valence-corrected chi connectivity index (χ2v) is 6.71. The molecule has 0 heterocycles.